The molecule has 1 aliphatic heterocycles. The number of likely N-dealkylation sites (tertiary alicyclic amines) is 1. The first-order valence-electron chi connectivity index (χ1n) is 6.13. The lowest BCUT2D eigenvalue weighted by Gasteiger charge is -2.27. The van der Waals surface area contributed by atoms with Crippen molar-refractivity contribution >= 4 is 17.7 Å². The highest BCUT2D eigenvalue weighted by molar-refractivity contribution is 7.99. The zero-order valence-corrected chi connectivity index (χ0v) is 11.4. The van der Waals surface area contributed by atoms with Gasteiger partial charge in [-0.1, -0.05) is 20.3 Å². The number of nitrogens with zero attached hydrogens (tertiary/aromatic N) is 1. The summed E-state index contributed by atoms with van der Waals surface area (Å²) in [6, 6.07) is -0.333. The summed E-state index contributed by atoms with van der Waals surface area (Å²) in [5.74, 6) is 0.361. The SMILES string of the molecule is CSC1CCCCN(C(=O)[C@@H](N)C(C)C)C1. The van der Waals surface area contributed by atoms with Gasteiger partial charge in [0.1, 0.15) is 0 Å². The number of nitrogens with two attached hydrogens (primary N) is 1. The Morgan fingerprint density at radius 2 is 2.12 bits per heavy atom. The van der Waals surface area contributed by atoms with Crippen LogP contribution < -0.4 is 5.73 Å². The van der Waals surface area contributed by atoms with E-state index in [1.54, 1.807) is 0 Å². The van der Waals surface area contributed by atoms with Crippen molar-refractivity contribution in [3.63, 3.8) is 0 Å². The van der Waals surface area contributed by atoms with Gasteiger partial charge in [-0.3, -0.25) is 4.79 Å². The molecule has 1 unspecified atom stereocenters. The molecule has 0 spiro atoms. The molecule has 4 heteroatoms. The molecule has 16 heavy (non-hydrogen) atoms. The van der Waals surface area contributed by atoms with E-state index in [-0.39, 0.29) is 17.9 Å². The number of hydrogen-bond donors (Lipinski definition) is 1. The van der Waals surface area contributed by atoms with E-state index >= 15 is 0 Å². The lowest BCUT2D eigenvalue weighted by atomic mass is 10.0. The van der Waals surface area contributed by atoms with E-state index in [0.717, 1.165) is 19.5 Å². The molecule has 0 aromatic carbocycles. The highest BCUT2D eigenvalue weighted by atomic mass is 32.2. The summed E-state index contributed by atoms with van der Waals surface area (Å²) in [6.45, 7) is 5.77. The third-order valence-electron chi connectivity index (χ3n) is 3.28. The average molecular weight is 244 g/mol. The standard InChI is InChI=1S/C12H24N2OS/c1-9(2)11(13)12(15)14-7-5-4-6-10(8-14)16-3/h9-11H,4-8,13H2,1-3H3/t10?,11-/m0/s1. The van der Waals surface area contributed by atoms with Crippen molar-refractivity contribution < 1.29 is 4.79 Å². The van der Waals surface area contributed by atoms with Crippen LogP contribution in [0, 0.1) is 5.92 Å². The molecule has 0 saturated carbocycles. The third-order valence-corrected chi connectivity index (χ3v) is 4.33. The second kappa shape index (κ2) is 6.50. The van der Waals surface area contributed by atoms with Gasteiger partial charge in [0.15, 0.2) is 0 Å². The maximum Gasteiger partial charge on any atom is 0.239 e. The highest BCUT2D eigenvalue weighted by Gasteiger charge is 2.26. The largest absolute Gasteiger partial charge is 0.340 e. The Morgan fingerprint density at radius 1 is 1.44 bits per heavy atom. The molecule has 2 atom stereocenters. The number of hydrogen-bond acceptors (Lipinski definition) is 3. The van der Waals surface area contributed by atoms with Crippen LogP contribution in [-0.4, -0.2) is 41.4 Å². The van der Waals surface area contributed by atoms with Crippen molar-refractivity contribution in [2.75, 3.05) is 19.3 Å². The summed E-state index contributed by atoms with van der Waals surface area (Å²) in [5, 5.41) is 0.589. The van der Waals surface area contributed by atoms with Crippen LogP contribution in [0.5, 0.6) is 0 Å². The zero-order valence-electron chi connectivity index (χ0n) is 10.6. The molecule has 1 rings (SSSR count). The first-order chi connectivity index (χ1) is 7.56. The van der Waals surface area contributed by atoms with Crippen LogP contribution in [0.3, 0.4) is 0 Å². The Morgan fingerprint density at radius 3 is 2.69 bits per heavy atom. The van der Waals surface area contributed by atoms with Gasteiger partial charge in [0, 0.05) is 18.3 Å². The lowest BCUT2D eigenvalue weighted by molar-refractivity contribution is -0.133. The molecule has 1 aliphatic rings. The van der Waals surface area contributed by atoms with E-state index in [1.165, 1.54) is 12.8 Å². The third kappa shape index (κ3) is 3.67. The lowest BCUT2D eigenvalue weighted by Crippen LogP contribution is -2.48. The van der Waals surface area contributed by atoms with E-state index in [1.807, 2.05) is 30.5 Å². The van der Waals surface area contributed by atoms with E-state index in [2.05, 4.69) is 6.26 Å². The molecule has 1 heterocycles. The minimum absolute atomic E-state index is 0.135. The molecule has 1 saturated heterocycles. The van der Waals surface area contributed by atoms with Gasteiger partial charge < -0.3 is 10.6 Å². The van der Waals surface area contributed by atoms with E-state index < -0.39 is 0 Å². The Hall–Kier alpha value is -0.220. The van der Waals surface area contributed by atoms with Crippen molar-refractivity contribution in [1.82, 2.24) is 4.90 Å². The Labute approximate surface area is 103 Å². The topological polar surface area (TPSA) is 46.3 Å². The number of thioether (sulfide) groups is 1. The maximum atomic E-state index is 12.1. The van der Waals surface area contributed by atoms with Crippen LogP contribution in [0.25, 0.3) is 0 Å². The van der Waals surface area contributed by atoms with Gasteiger partial charge in [-0.15, -0.1) is 0 Å². The molecule has 0 radical (unpaired) electrons. The molecule has 1 amide bonds. The summed E-state index contributed by atoms with van der Waals surface area (Å²) in [7, 11) is 0. The maximum absolute atomic E-state index is 12.1. The van der Waals surface area contributed by atoms with Crippen molar-refractivity contribution in [1.29, 1.82) is 0 Å². The van der Waals surface area contributed by atoms with Crippen LogP contribution in [0.2, 0.25) is 0 Å². The van der Waals surface area contributed by atoms with Crippen molar-refractivity contribution in [3.8, 4) is 0 Å². The Bertz CT molecular complexity index is 233. The number of rotatable bonds is 3. The first kappa shape index (κ1) is 13.8. The fourth-order valence-corrected chi connectivity index (χ4v) is 2.72. The molecule has 2 N–H and O–H groups in total. The van der Waals surface area contributed by atoms with Gasteiger partial charge in [-0.05, 0) is 25.0 Å². The molecule has 3 nitrogen and oxygen atoms in total. The molecular weight excluding hydrogens is 220 g/mol. The zero-order chi connectivity index (χ0) is 12.1. The summed E-state index contributed by atoms with van der Waals surface area (Å²) in [6.07, 6.45) is 5.70. The fourth-order valence-electron chi connectivity index (χ4n) is 1.99. The molecule has 1 fully saturated rings. The van der Waals surface area contributed by atoms with Gasteiger partial charge in [-0.2, -0.15) is 11.8 Å². The van der Waals surface area contributed by atoms with Gasteiger partial charge in [-0.25, -0.2) is 0 Å². The van der Waals surface area contributed by atoms with Crippen LogP contribution in [0.1, 0.15) is 33.1 Å². The summed E-state index contributed by atoms with van der Waals surface area (Å²) in [4.78, 5) is 14.1. The highest BCUT2D eigenvalue weighted by Crippen LogP contribution is 2.20. The number of carbonyl (C=O) groups excluding carboxylic acids is 1. The van der Waals surface area contributed by atoms with E-state index in [0.29, 0.717) is 5.25 Å². The van der Waals surface area contributed by atoms with Crippen LogP contribution in [0.4, 0.5) is 0 Å². The monoisotopic (exact) mass is 244 g/mol. The second-order valence-corrected chi connectivity index (χ2v) is 6.05. The van der Waals surface area contributed by atoms with Crippen LogP contribution in [0.15, 0.2) is 0 Å². The predicted molar refractivity (Wildman–Crippen MR) is 70.5 cm³/mol. The smallest absolute Gasteiger partial charge is 0.239 e. The first-order valence-corrected chi connectivity index (χ1v) is 7.42. The van der Waals surface area contributed by atoms with E-state index in [9.17, 15) is 4.79 Å². The molecular formula is C12H24N2OS. The summed E-state index contributed by atoms with van der Waals surface area (Å²) < 4.78 is 0. The molecule has 0 aliphatic carbocycles. The molecule has 94 valence electrons. The van der Waals surface area contributed by atoms with Crippen molar-refractivity contribution in [3.05, 3.63) is 0 Å². The van der Waals surface area contributed by atoms with Gasteiger partial charge in [0.25, 0.3) is 0 Å². The average Bonchev–Trinajstić information content (AvgIpc) is 2.51. The molecule has 0 aromatic heterocycles. The number of carbonyl (C=O) groups is 1. The van der Waals surface area contributed by atoms with Crippen molar-refractivity contribution in [2.24, 2.45) is 11.7 Å². The van der Waals surface area contributed by atoms with E-state index in [4.69, 9.17) is 5.73 Å². The minimum atomic E-state index is -0.333. The summed E-state index contributed by atoms with van der Waals surface area (Å²) in [5.41, 5.74) is 5.93. The molecule has 0 bridgehead atoms. The van der Waals surface area contributed by atoms with Crippen LogP contribution in [-0.2, 0) is 4.79 Å². The van der Waals surface area contributed by atoms with Crippen molar-refractivity contribution in [2.45, 2.75) is 44.4 Å². The van der Waals surface area contributed by atoms with Gasteiger partial charge in [0.2, 0.25) is 5.91 Å². The second-order valence-electron chi connectivity index (χ2n) is 4.91. The molecule has 0 aromatic rings. The van der Waals surface area contributed by atoms with Crippen LogP contribution >= 0.6 is 11.8 Å². The van der Waals surface area contributed by atoms with Gasteiger partial charge in [0.05, 0.1) is 6.04 Å². The Kier molecular flexibility index (Phi) is 5.62. The summed E-state index contributed by atoms with van der Waals surface area (Å²) >= 11 is 1.87. The minimum Gasteiger partial charge on any atom is -0.340 e. The normalized spacial score (nSPS) is 24.3. The predicted octanol–water partition coefficient (Wildman–Crippen LogP) is 1.71. The fraction of sp³-hybridized carbons (Fsp3) is 0.917. The quantitative estimate of drug-likeness (QED) is 0.822. The number of amides is 1. The van der Waals surface area contributed by atoms with Gasteiger partial charge >= 0.3 is 0 Å². The Balaban J connectivity index is 2.59.